The molecule has 0 spiro atoms. The van der Waals surface area contributed by atoms with Gasteiger partial charge in [-0.25, -0.2) is 15.4 Å². The Morgan fingerprint density at radius 1 is 1.14 bits per heavy atom. The summed E-state index contributed by atoms with van der Waals surface area (Å²) in [6.07, 6.45) is -6.97. The average Bonchev–Trinajstić information content (AvgIpc) is 3.21. The lowest BCUT2D eigenvalue weighted by Gasteiger charge is -2.09. The number of nitrogens with one attached hydrogen (secondary N) is 1. The number of halogens is 6. The zero-order chi connectivity index (χ0) is 21.2. The van der Waals surface area contributed by atoms with Crippen LogP contribution in [0.3, 0.4) is 0 Å². The smallest absolute Gasteiger partial charge is 0.263 e. The molecule has 0 aliphatic heterocycles. The van der Waals surface area contributed by atoms with Gasteiger partial charge in [-0.15, -0.1) is 11.3 Å². The monoisotopic (exact) mass is 434 g/mol. The molecule has 0 fully saturated rings. The van der Waals surface area contributed by atoms with Crippen LogP contribution in [0.4, 0.5) is 32.3 Å². The number of aromatic nitrogens is 4. The largest absolute Gasteiger partial charge is 0.433 e. The predicted octanol–water partition coefficient (Wildman–Crippen LogP) is 4.74. The molecule has 0 amide bonds. The van der Waals surface area contributed by atoms with Gasteiger partial charge in [-0.2, -0.15) is 36.5 Å². The number of rotatable bonds is 5. The van der Waals surface area contributed by atoms with E-state index in [0.717, 1.165) is 23.4 Å². The molecule has 6 nitrogen and oxygen atoms in total. The molecule has 3 rings (SSSR count). The van der Waals surface area contributed by atoms with Crippen LogP contribution in [0.2, 0.25) is 0 Å². The van der Waals surface area contributed by atoms with E-state index in [2.05, 4.69) is 25.6 Å². The first-order valence-electron chi connectivity index (χ1n) is 7.92. The lowest BCUT2D eigenvalue weighted by molar-refractivity contribution is -0.143. The van der Waals surface area contributed by atoms with Crippen LogP contribution >= 0.6 is 11.3 Å². The first-order chi connectivity index (χ1) is 13.5. The Labute approximate surface area is 163 Å². The third-order valence-corrected chi connectivity index (χ3v) is 4.40. The lowest BCUT2D eigenvalue weighted by Crippen LogP contribution is -2.18. The molecule has 0 atom stereocenters. The van der Waals surface area contributed by atoms with Crippen LogP contribution in [0.5, 0.6) is 0 Å². The lowest BCUT2D eigenvalue weighted by atomic mass is 10.2. The molecule has 3 aromatic rings. The van der Waals surface area contributed by atoms with Gasteiger partial charge < -0.3 is 0 Å². The number of hydrazone groups is 1. The number of aryl methyl sites for hydroxylation is 1. The highest BCUT2D eigenvalue weighted by atomic mass is 32.1. The summed E-state index contributed by atoms with van der Waals surface area (Å²) in [4.78, 5) is 8.83. The molecular formula is C16H12F6N6S. The molecule has 1 N–H and O–H groups in total. The van der Waals surface area contributed by atoms with Crippen molar-refractivity contribution in [2.75, 3.05) is 5.43 Å². The minimum absolute atomic E-state index is 0.0672. The van der Waals surface area contributed by atoms with Gasteiger partial charge in [-0.1, -0.05) is 0 Å². The third kappa shape index (κ3) is 5.76. The van der Waals surface area contributed by atoms with E-state index < -0.39 is 30.5 Å². The van der Waals surface area contributed by atoms with Crippen molar-refractivity contribution in [1.82, 2.24) is 19.7 Å². The Kier molecular flexibility index (Phi) is 5.59. The Morgan fingerprint density at radius 2 is 1.90 bits per heavy atom. The standard InChI is InChI=1S/C16H12F6N6S/c1-9-2-3-12(29-9)11-6-13(16(20,21)22)25-14(24-11)26-23-7-10-4-5-28(27-10)8-15(17,18)19/h2-7H,8H2,1H3,(H,24,25,26)/b23-7+. The topological polar surface area (TPSA) is 68.0 Å². The van der Waals surface area contributed by atoms with Crippen LogP contribution in [0.1, 0.15) is 16.3 Å². The zero-order valence-corrected chi connectivity index (χ0v) is 15.4. The van der Waals surface area contributed by atoms with E-state index in [1.807, 2.05) is 0 Å². The summed E-state index contributed by atoms with van der Waals surface area (Å²) in [6, 6.07) is 5.49. The summed E-state index contributed by atoms with van der Waals surface area (Å²) in [7, 11) is 0. The average molecular weight is 434 g/mol. The number of alkyl halides is 6. The van der Waals surface area contributed by atoms with Gasteiger partial charge in [0.15, 0.2) is 5.69 Å². The van der Waals surface area contributed by atoms with E-state index in [1.54, 1.807) is 19.1 Å². The molecule has 0 aliphatic rings. The van der Waals surface area contributed by atoms with E-state index >= 15 is 0 Å². The Hall–Kier alpha value is -2.96. The van der Waals surface area contributed by atoms with Crippen molar-refractivity contribution in [3.8, 4) is 10.6 Å². The van der Waals surface area contributed by atoms with E-state index in [0.29, 0.717) is 9.56 Å². The minimum Gasteiger partial charge on any atom is -0.263 e. The summed E-state index contributed by atoms with van der Waals surface area (Å²) in [5.41, 5.74) is 1.25. The Bertz CT molecular complexity index is 1020. The van der Waals surface area contributed by atoms with Gasteiger partial charge in [0, 0.05) is 11.1 Å². The fraction of sp³-hybridized carbons (Fsp3) is 0.250. The maximum absolute atomic E-state index is 13.1. The summed E-state index contributed by atoms with van der Waals surface area (Å²) in [5.74, 6) is -0.410. The van der Waals surface area contributed by atoms with Gasteiger partial charge in [0.25, 0.3) is 0 Å². The Balaban J connectivity index is 1.80. The van der Waals surface area contributed by atoms with Crippen molar-refractivity contribution in [3.05, 3.63) is 46.7 Å². The molecule has 0 unspecified atom stereocenters. The SMILES string of the molecule is Cc1ccc(-c2cc(C(F)(F)F)nc(N/N=C/c3ccn(CC(F)(F)F)n3)n2)s1. The summed E-state index contributed by atoms with van der Waals surface area (Å²) >= 11 is 1.27. The van der Waals surface area contributed by atoms with Crippen LogP contribution < -0.4 is 5.43 Å². The second-order valence-electron chi connectivity index (χ2n) is 5.79. The predicted molar refractivity (Wildman–Crippen MR) is 94.6 cm³/mol. The molecular weight excluding hydrogens is 422 g/mol. The number of thiophene rings is 1. The van der Waals surface area contributed by atoms with Crippen molar-refractivity contribution >= 4 is 23.5 Å². The summed E-state index contributed by atoms with van der Waals surface area (Å²) in [5, 5.41) is 7.30. The molecule has 0 saturated heterocycles. The van der Waals surface area contributed by atoms with Crippen molar-refractivity contribution in [3.63, 3.8) is 0 Å². The van der Waals surface area contributed by atoms with E-state index in [9.17, 15) is 26.3 Å². The van der Waals surface area contributed by atoms with Gasteiger partial charge in [-0.05, 0) is 31.2 Å². The fourth-order valence-corrected chi connectivity index (χ4v) is 3.04. The van der Waals surface area contributed by atoms with Crippen LogP contribution in [0.15, 0.2) is 35.6 Å². The molecule has 3 aromatic heterocycles. The molecule has 13 heteroatoms. The van der Waals surface area contributed by atoms with Crippen molar-refractivity contribution < 1.29 is 26.3 Å². The molecule has 0 aromatic carbocycles. The number of anilines is 1. The summed E-state index contributed by atoms with van der Waals surface area (Å²) in [6.45, 7) is 0.538. The first-order valence-corrected chi connectivity index (χ1v) is 8.74. The molecule has 154 valence electrons. The van der Waals surface area contributed by atoms with Crippen molar-refractivity contribution in [2.24, 2.45) is 5.10 Å². The maximum atomic E-state index is 13.1. The Morgan fingerprint density at radius 3 is 2.52 bits per heavy atom. The number of hydrogen-bond donors (Lipinski definition) is 1. The van der Waals surface area contributed by atoms with Crippen molar-refractivity contribution in [1.29, 1.82) is 0 Å². The van der Waals surface area contributed by atoms with E-state index in [1.165, 1.54) is 17.4 Å². The van der Waals surface area contributed by atoms with Crippen LogP contribution in [-0.4, -0.2) is 32.1 Å². The minimum atomic E-state index is -4.69. The molecule has 29 heavy (non-hydrogen) atoms. The maximum Gasteiger partial charge on any atom is 0.433 e. The van der Waals surface area contributed by atoms with E-state index in [4.69, 9.17) is 0 Å². The van der Waals surface area contributed by atoms with Gasteiger partial charge >= 0.3 is 12.4 Å². The fourth-order valence-electron chi connectivity index (χ4n) is 2.22. The zero-order valence-electron chi connectivity index (χ0n) is 14.6. The molecule has 3 heterocycles. The highest BCUT2D eigenvalue weighted by molar-refractivity contribution is 7.15. The highest BCUT2D eigenvalue weighted by Crippen LogP contribution is 2.33. The van der Waals surface area contributed by atoms with Crippen LogP contribution in [-0.2, 0) is 12.7 Å². The quantitative estimate of drug-likeness (QED) is 0.358. The first kappa shape index (κ1) is 20.8. The van der Waals surface area contributed by atoms with Gasteiger partial charge in [0.05, 0.1) is 16.8 Å². The van der Waals surface area contributed by atoms with Crippen LogP contribution in [0.25, 0.3) is 10.6 Å². The van der Waals surface area contributed by atoms with Gasteiger partial charge in [0.2, 0.25) is 5.95 Å². The van der Waals surface area contributed by atoms with Crippen LogP contribution in [0, 0.1) is 6.92 Å². The molecule has 0 radical (unpaired) electrons. The second-order valence-corrected chi connectivity index (χ2v) is 7.08. The number of nitrogens with zero attached hydrogens (tertiary/aromatic N) is 5. The van der Waals surface area contributed by atoms with Gasteiger partial charge in [0.1, 0.15) is 12.2 Å². The molecule has 0 aliphatic carbocycles. The van der Waals surface area contributed by atoms with E-state index in [-0.39, 0.29) is 11.4 Å². The highest BCUT2D eigenvalue weighted by Gasteiger charge is 2.34. The van der Waals surface area contributed by atoms with Gasteiger partial charge in [-0.3, -0.25) is 4.68 Å². The normalized spacial score (nSPS) is 12.7. The summed E-state index contributed by atoms with van der Waals surface area (Å²) < 4.78 is 77.0. The number of hydrogen-bond acceptors (Lipinski definition) is 6. The third-order valence-electron chi connectivity index (χ3n) is 3.37. The molecule has 0 saturated carbocycles. The second kappa shape index (κ2) is 7.81. The van der Waals surface area contributed by atoms with Crippen molar-refractivity contribution in [2.45, 2.75) is 25.8 Å². The molecule has 0 bridgehead atoms.